The van der Waals surface area contributed by atoms with Crippen LogP contribution in [-0.4, -0.2) is 44.8 Å². The Balaban J connectivity index is 1.80. The summed E-state index contributed by atoms with van der Waals surface area (Å²) in [6.45, 7) is 0.998. The lowest BCUT2D eigenvalue weighted by Crippen LogP contribution is -2.32. The normalized spacial score (nSPS) is 15.3. The standard InChI is InChI=1S/C21H24N2O5S/c1-28-21(25)17-9-6-10-18(14-17)22-20(24)16-8-7-11-19(15-16)29(26,27)23-12-4-2-3-5-13-23/h6-11,14-15H,2-5,12-13H2,1H3,(H,22,24). The third kappa shape index (κ3) is 5.02. The maximum Gasteiger partial charge on any atom is 0.337 e. The fourth-order valence-electron chi connectivity index (χ4n) is 3.27. The number of esters is 1. The minimum Gasteiger partial charge on any atom is -0.465 e. The van der Waals surface area contributed by atoms with Gasteiger partial charge in [0.2, 0.25) is 10.0 Å². The van der Waals surface area contributed by atoms with Crippen LogP contribution in [0.15, 0.2) is 53.4 Å². The Morgan fingerprint density at radius 2 is 1.59 bits per heavy atom. The Labute approximate surface area is 170 Å². The largest absolute Gasteiger partial charge is 0.465 e. The van der Waals surface area contributed by atoms with E-state index in [1.165, 1.54) is 29.6 Å². The van der Waals surface area contributed by atoms with Gasteiger partial charge in [0.15, 0.2) is 0 Å². The van der Waals surface area contributed by atoms with Crippen LogP contribution in [0.5, 0.6) is 0 Å². The average molecular weight is 416 g/mol. The molecule has 0 aromatic heterocycles. The number of nitrogens with zero attached hydrogens (tertiary/aromatic N) is 1. The fraction of sp³-hybridized carbons (Fsp3) is 0.333. The van der Waals surface area contributed by atoms with E-state index in [1.807, 2.05) is 0 Å². The van der Waals surface area contributed by atoms with E-state index in [1.54, 1.807) is 30.3 Å². The quantitative estimate of drug-likeness (QED) is 0.755. The maximum absolute atomic E-state index is 13.0. The predicted octanol–water partition coefficient (Wildman–Crippen LogP) is 3.29. The molecular weight excluding hydrogens is 392 g/mol. The predicted molar refractivity (Wildman–Crippen MR) is 109 cm³/mol. The smallest absolute Gasteiger partial charge is 0.337 e. The van der Waals surface area contributed by atoms with E-state index in [0.29, 0.717) is 24.3 Å². The van der Waals surface area contributed by atoms with Crippen molar-refractivity contribution in [2.45, 2.75) is 30.6 Å². The number of nitrogens with one attached hydrogen (secondary N) is 1. The van der Waals surface area contributed by atoms with Gasteiger partial charge in [-0.15, -0.1) is 0 Å². The number of ether oxygens (including phenoxy) is 1. The van der Waals surface area contributed by atoms with Gasteiger partial charge in [0.25, 0.3) is 5.91 Å². The number of carbonyl (C=O) groups excluding carboxylic acids is 2. The first-order valence-electron chi connectivity index (χ1n) is 9.52. The molecule has 0 saturated carbocycles. The van der Waals surface area contributed by atoms with Gasteiger partial charge < -0.3 is 10.1 Å². The summed E-state index contributed by atoms with van der Waals surface area (Å²) >= 11 is 0. The van der Waals surface area contributed by atoms with Crippen LogP contribution >= 0.6 is 0 Å². The average Bonchev–Trinajstić information content (AvgIpc) is 3.03. The summed E-state index contributed by atoms with van der Waals surface area (Å²) in [5.41, 5.74) is 0.950. The molecule has 1 amide bonds. The Kier molecular flexibility index (Phi) is 6.66. The second-order valence-corrected chi connectivity index (χ2v) is 8.81. The summed E-state index contributed by atoms with van der Waals surface area (Å²) in [6.07, 6.45) is 3.74. The van der Waals surface area contributed by atoms with Crippen LogP contribution in [0.2, 0.25) is 0 Å². The number of carbonyl (C=O) groups is 2. The van der Waals surface area contributed by atoms with Gasteiger partial charge in [0.05, 0.1) is 17.6 Å². The van der Waals surface area contributed by atoms with Crippen molar-refractivity contribution in [3.05, 3.63) is 59.7 Å². The van der Waals surface area contributed by atoms with Gasteiger partial charge in [-0.05, 0) is 49.2 Å². The number of sulfonamides is 1. The molecule has 29 heavy (non-hydrogen) atoms. The number of hydrogen-bond acceptors (Lipinski definition) is 5. The molecule has 0 spiro atoms. The van der Waals surface area contributed by atoms with E-state index >= 15 is 0 Å². The van der Waals surface area contributed by atoms with E-state index in [9.17, 15) is 18.0 Å². The molecule has 0 bridgehead atoms. The second kappa shape index (κ2) is 9.19. The van der Waals surface area contributed by atoms with Gasteiger partial charge in [0, 0.05) is 24.3 Å². The molecule has 3 rings (SSSR count). The number of hydrogen-bond donors (Lipinski definition) is 1. The lowest BCUT2D eigenvalue weighted by molar-refractivity contribution is 0.0600. The van der Waals surface area contributed by atoms with E-state index in [-0.39, 0.29) is 10.5 Å². The van der Waals surface area contributed by atoms with Crippen molar-refractivity contribution < 1.29 is 22.7 Å². The lowest BCUT2D eigenvalue weighted by Gasteiger charge is -2.20. The van der Waals surface area contributed by atoms with Crippen molar-refractivity contribution in [1.82, 2.24) is 4.31 Å². The molecule has 154 valence electrons. The Bertz CT molecular complexity index is 996. The fourth-order valence-corrected chi connectivity index (χ4v) is 4.84. The molecule has 2 aromatic carbocycles. The molecule has 1 N–H and O–H groups in total. The summed E-state index contributed by atoms with van der Waals surface area (Å²) in [4.78, 5) is 24.4. The highest BCUT2D eigenvalue weighted by atomic mass is 32.2. The number of methoxy groups -OCH3 is 1. The van der Waals surface area contributed by atoms with Crippen LogP contribution in [0, 0.1) is 0 Å². The molecule has 1 aliphatic heterocycles. The molecule has 2 aromatic rings. The molecule has 8 heteroatoms. The number of amides is 1. The van der Waals surface area contributed by atoms with E-state index in [4.69, 9.17) is 0 Å². The summed E-state index contributed by atoms with van der Waals surface area (Å²) in [7, 11) is -2.36. The molecule has 1 saturated heterocycles. The minimum atomic E-state index is -3.64. The third-order valence-corrected chi connectivity index (χ3v) is 6.74. The van der Waals surface area contributed by atoms with Gasteiger partial charge in [-0.2, -0.15) is 4.31 Å². The molecule has 0 aliphatic carbocycles. The Hall–Kier alpha value is -2.71. The lowest BCUT2D eigenvalue weighted by atomic mass is 10.1. The number of rotatable bonds is 5. The van der Waals surface area contributed by atoms with E-state index < -0.39 is 21.9 Å². The van der Waals surface area contributed by atoms with E-state index in [0.717, 1.165) is 25.7 Å². The zero-order chi connectivity index (χ0) is 20.9. The van der Waals surface area contributed by atoms with Crippen molar-refractivity contribution in [1.29, 1.82) is 0 Å². The highest BCUT2D eigenvalue weighted by Crippen LogP contribution is 2.22. The van der Waals surface area contributed by atoms with Gasteiger partial charge in [-0.25, -0.2) is 13.2 Å². The number of anilines is 1. The van der Waals surface area contributed by atoms with Crippen molar-refractivity contribution >= 4 is 27.6 Å². The Morgan fingerprint density at radius 1 is 0.931 bits per heavy atom. The van der Waals surface area contributed by atoms with Crippen molar-refractivity contribution in [3.63, 3.8) is 0 Å². The van der Waals surface area contributed by atoms with E-state index in [2.05, 4.69) is 10.1 Å². The summed E-state index contributed by atoms with van der Waals surface area (Å²) in [5, 5.41) is 2.69. The van der Waals surface area contributed by atoms with Crippen LogP contribution in [0.25, 0.3) is 0 Å². The van der Waals surface area contributed by atoms with Crippen LogP contribution in [-0.2, 0) is 14.8 Å². The van der Waals surface area contributed by atoms with Crippen LogP contribution in [0.3, 0.4) is 0 Å². The molecular formula is C21H24N2O5S. The van der Waals surface area contributed by atoms with Crippen molar-refractivity contribution in [2.24, 2.45) is 0 Å². The SMILES string of the molecule is COC(=O)c1cccc(NC(=O)c2cccc(S(=O)(=O)N3CCCCCC3)c2)c1. The Morgan fingerprint density at radius 3 is 2.28 bits per heavy atom. The topological polar surface area (TPSA) is 92.8 Å². The van der Waals surface area contributed by atoms with Crippen LogP contribution < -0.4 is 5.32 Å². The van der Waals surface area contributed by atoms with Gasteiger partial charge in [-0.3, -0.25) is 4.79 Å². The molecule has 0 radical (unpaired) electrons. The second-order valence-electron chi connectivity index (χ2n) is 6.87. The van der Waals surface area contributed by atoms with Gasteiger partial charge in [-0.1, -0.05) is 25.0 Å². The zero-order valence-electron chi connectivity index (χ0n) is 16.3. The van der Waals surface area contributed by atoms with Gasteiger partial charge in [0.1, 0.15) is 0 Å². The first-order chi connectivity index (χ1) is 13.9. The summed E-state index contributed by atoms with van der Waals surface area (Å²) in [6, 6.07) is 12.4. The monoisotopic (exact) mass is 416 g/mol. The molecule has 1 heterocycles. The maximum atomic E-state index is 13.0. The molecule has 1 fully saturated rings. The minimum absolute atomic E-state index is 0.107. The number of benzene rings is 2. The summed E-state index contributed by atoms with van der Waals surface area (Å²) < 4.78 is 32.1. The van der Waals surface area contributed by atoms with Crippen LogP contribution in [0.1, 0.15) is 46.4 Å². The third-order valence-electron chi connectivity index (χ3n) is 4.84. The first kappa shape index (κ1) is 21.0. The molecule has 0 atom stereocenters. The molecule has 0 unspecified atom stereocenters. The first-order valence-corrected chi connectivity index (χ1v) is 11.0. The van der Waals surface area contributed by atoms with Gasteiger partial charge >= 0.3 is 5.97 Å². The molecule has 7 nitrogen and oxygen atoms in total. The zero-order valence-corrected chi connectivity index (χ0v) is 17.1. The summed E-state index contributed by atoms with van der Waals surface area (Å²) in [5.74, 6) is -0.966. The highest BCUT2D eigenvalue weighted by Gasteiger charge is 2.25. The van der Waals surface area contributed by atoms with Crippen LogP contribution in [0.4, 0.5) is 5.69 Å². The molecule has 1 aliphatic rings. The van der Waals surface area contributed by atoms with Crippen molar-refractivity contribution in [2.75, 3.05) is 25.5 Å². The highest BCUT2D eigenvalue weighted by molar-refractivity contribution is 7.89. The van der Waals surface area contributed by atoms with Crippen molar-refractivity contribution in [3.8, 4) is 0 Å².